The fourth-order valence-corrected chi connectivity index (χ4v) is 4.50. The maximum absolute atomic E-state index is 6.51. The fourth-order valence-electron chi connectivity index (χ4n) is 4.50. The summed E-state index contributed by atoms with van der Waals surface area (Å²) in [5.74, 6) is 1.58. The molecule has 0 radical (unpaired) electrons. The number of hydrogen-bond donors (Lipinski definition) is 2. The summed E-state index contributed by atoms with van der Waals surface area (Å²) in [6.45, 7) is 17.7. The smallest absolute Gasteiger partial charge is 0.0384 e. The van der Waals surface area contributed by atoms with Gasteiger partial charge in [0.05, 0.1) is 0 Å². The third-order valence-corrected chi connectivity index (χ3v) is 6.53. The van der Waals surface area contributed by atoms with Crippen LogP contribution in [0.15, 0.2) is 48.5 Å². The van der Waals surface area contributed by atoms with Crippen LogP contribution >= 0.6 is 0 Å². The second-order valence-corrected chi connectivity index (χ2v) is 10.3. The van der Waals surface area contributed by atoms with Crippen LogP contribution in [0.1, 0.15) is 101 Å². The lowest BCUT2D eigenvalue weighted by molar-refractivity contribution is 0.840. The van der Waals surface area contributed by atoms with Crippen molar-refractivity contribution in [2.45, 2.75) is 79.1 Å². The molecule has 2 nitrogen and oxygen atoms in total. The molecule has 0 fully saturated rings. The van der Waals surface area contributed by atoms with Crippen molar-refractivity contribution >= 4 is 11.4 Å². The van der Waals surface area contributed by atoms with Gasteiger partial charge in [0.2, 0.25) is 0 Å². The summed E-state index contributed by atoms with van der Waals surface area (Å²) in [6, 6.07) is 18.0. The van der Waals surface area contributed by atoms with Crippen LogP contribution < -0.4 is 11.5 Å². The Bertz CT molecular complexity index is 940. The van der Waals surface area contributed by atoms with E-state index in [1.165, 1.54) is 44.5 Å². The first-order valence-corrected chi connectivity index (χ1v) is 12.0. The standard InChI is InChI=1S/C30H40N2/c1-17(2)25-13-23(14-26(18(3)4)29(25)31)21-9-11-22(12-10-21)24-15-27(19(5)6)30(32)28(16-24)20(7)8/h9-20H,31-32H2,1-8H3. The summed E-state index contributed by atoms with van der Waals surface area (Å²) in [4.78, 5) is 0. The highest BCUT2D eigenvalue weighted by Crippen LogP contribution is 2.38. The molecule has 0 amide bonds. The van der Waals surface area contributed by atoms with Crippen molar-refractivity contribution in [3.8, 4) is 22.3 Å². The molecule has 0 unspecified atom stereocenters. The molecule has 0 aliphatic carbocycles. The van der Waals surface area contributed by atoms with E-state index in [1.807, 2.05) is 0 Å². The summed E-state index contributed by atoms with van der Waals surface area (Å²) in [7, 11) is 0. The number of nitrogen functional groups attached to an aromatic ring is 2. The fraction of sp³-hybridized carbons (Fsp3) is 0.400. The normalized spacial score (nSPS) is 11.9. The minimum Gasteiger partial charge on any atom is -0.398 e. The molecular weight excluding hydrogens is 388 g/mol. The molecule has 0 heterocycles. The molecule has 0 saturated carbocycles. The monoisotopic (exact) mass is 428 g/mol. The number of rotatable bonds is 6. The molecule has 0 bridgehead atoms. The third-order valence-electron chi connectivity index (χ3n) is 6.53. The molecular formula is C30H40N2. The Morgan fingerprint density at radius 3 is 0.812 bits per heavy atom. The van der Waals surface area contributed by atoms with Crippen molar-refractivity contribution < 1.29 is 0 Å². The molecule has 4 N–H and O–H groups in total. The lowest BCUT2D eigenvalue weighted by atomic mass is 9.87. The number of nitrogens with two attached hydrogens (primary N) is 2. The zero-order valence-corrected chi connectivity index (χ0v) is 21.1. The van der Waals surface area contributed by atoms with E-state index in [0.29, 0.717) is 23.7 Å². The SMILES string of the molecule is CC(C)c1cc(-c2ccc(-c3cc(C(C)C)c(N)c(C(C)C)c3)cc2)cc(C(C)C)c1N. The predicted molar refractivity (Wildman–Crippen MR) is 142 cm³/mol. The molecule has 0 aliphatic heterocycles. The molecule has 0 spiro atoms. The van der Waals surface area contributed by atoms with Gasteiger partial charge in [0.15, 0.2) is 0 Å². The van der Waals surface area contributed by atoms with E-state index in [9.17, 15) is 0 Å². The van der Waals surface area contributed by atoms with Gasteiger partial charge >= 0.3 is 0 Å². The molecule has 0 aliphatic rings. The van der Waals surface area contributed by atoms with Crippen LogP contribution in [0.4, 0.5) is 11.4 Å². The summed E-state index contributed by atoms with van der Waals surface area (Å²) in [6.07, 6.45) is 0. The molecule has 3 aromatic rings. The van der Waals surface area contributed by atoms with Gasteiger partial charge < -0.3 is 11.5 Å². The van der Waals surface area contributed by atoms with E-state index in [1.54, 1.807) is 0 Å². The number of benzene rings is 3. The van der Waals surface area contributed by atoms with Gasteiger partial charge in [0, 0.05) is 11.4 Å². The topological polar surface area (TPSA) is 52.0 Å². The molecule has 3 aromatic carbocycles. The molecule has 170 valence electrons. The molecule has 3 rings (SSSR count). The highest BCUT2D eigenvalue weighted by Gasteiger charge is 2.16. The summed E-state index contributed by atoms with van der Waals surface area (Å²) in [5.41, 5.74) is 24.8. The Balaban J connectivity index is 2.08. The van der Waals surface area contributed by atoms with Gasteiger partial charge in [-0.3, -0.25) is 0 Å². The maximum atomic E-state index is 6.51. The Hall–Kier alpha value is -2.74. The first-order valence-electron chi connectivity index (χ1n) is 12.0. The Morgan fingerprint density at radius 2 is 0.625 bits per heavy atom. The van der Waals surface area contributed by atoms with Gasteiger partial charge in [-0.05, 0) is 92.4 Å². The predicted octanol–water partition coefficient (Wildman–Crippen LogP) is 8.68. The first kappa shape index (κ1) is 23.9. The minimum absolute atomic E-state index is 0.394. The van der Waals surface area contributed by atoms with Crippen LogP contribution in [0.25, 0.3) is 22.3 Å². The second-order valence-electron chi connectivity index (χ2n) is 10.3. The molecule has 32 heavy (non-hydrogen) atoms. The molecule has 0 atom stereocenters. The highest BCUT2D eigenvalue weighted by atomic mass is 14.6. The quantitative estimate of drug-likeness (QED) is 0.386. The summed E-state index contributed by atoms with van der Waals surface area (Å²) >= 11 is 0. The first-order chi connectivity index (χ1) is 15.0. The summed E-state index contributed by atoms with van der Waals surface area (Å²) < 4.78 is 0. The largest absolute Gasteiger partial charge is 0.398 e. The van der Waals surface area contributed by atoms with E-state index < -0.39 is 0 Å². The average molecular weight is 429 g/mol. The van der Waals surface area contributed by atoms with E-state index in [2.05, 4.69) is 104 Å². The highest BCUT2D eigenvalue weighted by molar-refractivity contribution is 5.76. The van der Waals surface area contributed by atoms with Crippen LogP contribution in [-0.2, 0) is 0 Å². The van der Waals surface area contributed by atoms with Crippen LogP contribution in [0.3, 0.4) is 0 Å². The number of hydrogen-bond acceptors (Lipinski definition) is 2. The van der Waals surface area contributed by atoms with Crippen molar-refractivity contribution in [3.05, 3.63) is 70.8 Å². The zero-order valence-electron chi connectivity index (χ0n) is 21.1. The van der Waals surface area contributed by atoms with Gasteiger partial charge in [0.25, 0.3) is 0 Å². The van der Waals surface area contributed by atoms with Crippen molar-refractivity contribution in [2.75, 3.05) is 11.5 Å². The van der Waals surface area contributed by atoms with Gasteiger partial charge in [0.1, 0.15) is 0 Å². The third kappa shape index (κ3) is 4.70. The second kappa shape index (κ2) is 9.40. The van der Waals surface area contributed by atoms with Gasteiger partial charge in [-0.25, -0.2) is 0 Å². The van der Waals surface area contributed by atoms with Crippen molar-refractivity contribution in [1.29, 1.82) is 0 Å². The van der Waals surface area contributed by atoms with Crippen LogP contribution in [-0.4, -0.2) is 0 Å². The molecule has 2 heteroatoms. The van der Waals surface area contributed by atoms with Crippen molar-refractivity contribution in [1.82, 2.24) is 0 Å². The van der Waals surface area contributed by atoms with E-state index >= 15 is 0 Å². The average Bonchev–Trinajstić information content (AvgIpc) is 2.73. The minimum atomic E-state index is 0.394. The lowest BCUT2D eigenvalue weighted by Gasteiger charge is -2.20. The Labute approximate surface area is 195 Å². The van der Waals surface area contributed by atoms with Crippen molar-refractivity contribution in [3.63, 3.8) is 0 Å². The molecule has 0 saturated heterocycles. The van der Waals surface area contributed by atoms with Crippen LogP contribution in [0.2, 0.25) is 0 Å². The van der Waals surface area contributed by atoms with Gasteiger partial charge in [-0.15, -0.1) is 0 Å². The maximum Gasteiger partial charge on any atom is 0.0384 e. The van der Waals surface area contributed by atoms with Crippen LogP contribution in [0, 0.1) is 0 Å². The summed E-state index contributed by atoms with van der Waals surface area (Å²) in [5, 5.41) is 0. The van der Waals surface area contributed by atoms with Gasteiger partial charge in [-0.2, -0.15) is 0 Å². The van der Waals surface area contributed by atoms with Gasteiger partial charge in [-0.1, -0.05) is 79.7 Å². The van der Waals surface area contributed by atoms with E-state index in [-0.39, 0.29) is 0 Å². The lowest BCUT2D eigenvalue weighted by Crippen LogP contribution is -2.04. The van der Waals surface area contributed by atoms with E-state index in [0.717, 1.165) is 11.4 Å². The number of anilines is 2. The Kier molecular flexibility index (Phi) is 7.03. The molecule has 0 aromatic heterocycles. The Morgan fingerprint density at radius 1 is 0.406 bits per heavy atom. The van der Waals surface area contributed by atoms with Crippen molar-refractivity contribution in [2.24, 2.45) is 0 Å². The van der Waals surface area contributed by atoms with Crippen LogP contribution in [0.5, 0.6) is 0 Å². The van der Waals surface area contributed by atoms with E-state index in [4.69, 9.17) is 11.5 Å². The zero-order chi connectivity index (χ0) is 23.7.